The number of aromatic nitrogens is 1. The maximum Gasteiger partial charge on any atom is 0.152 e. The Hall–Kier alpha value is -1.42. The van der Waals surface area contributed by atoms with Gasteiger partial charge in [-0.25, -0.2) is 9.37 Å². The lowest BCUT2D eigenvalue weighted by Crippen LogP contribution is -1.99. The Bertz CT molecular complexity index is 531. The second-order valence-electron chi connectivity index (χ2n) is 3.65. The van der Waals surface area contributed by atoms with Crippen LogP contribution in [0, 0.1) is 12.7 Å². The van der Waals surface area contributed by atoms with Gasteiger partial charge in [0.25, 0.3) is 0 Å². The van der Waals surface area contributed by atoms with Crippen LogP contribution in [0.25, 0.3) is 0 Å². The molecule has 17 heavy (non-hydrogen) atoms. The van der Waals surface area contributed by atoms with Crippen molar-refractivity contribution >= 4 is 15.9 Å². The average Bonchev–Trinajstić information content (AvgIpc) is 2.30. The first kappa shape index (κ1) is 12.0. The topological polar surface area (TPSA) is 22.1 Å². The number of halogens is 2. The first-order chi connectivity index (χ1) is 8.16. The standard InChI is InChI=1S/C13H11BrFNO/c1-9-7-11(15)5-4-10(9)8-17-12-3-2-6-16-13(12)14/h2-7H,8H2,1H3. The lowest BCUT2D eigenvalue weighted by Gasteiger charge is -2.09. The van der Waals surface area contributed by atoms with Crippen LogP contribution in [0.3, 0.4) is 0 Å². The Labute approximate surface area is 108 Å². The zero-order chi connectivity index (χ0) is 12.3. The van der Waals surface area contributed by atoms with Crippen molar-refractivity contribution in [2.75, 3.05) is 0 Å². The third-order valence-corrected chi connectivity index (χ3v) is 3.01. The van der Waals surface area contributed by atoms with Gasteiger partial charge in [-0.3, -0.25) is 0 Å². The minimum atomic E-state index is -0.228. The molecule has 0 aliphatic rings. The fourth-order valence-electron chi connectivity index (χ4n) is 1.46. The third kappa shape index (κ3) is 3.03. The summed E-state index contributed by atoms with van der Waals surface area (Å²) in [6.07, 6.45) is 1.68. The van der Waals surface area contributed by atoms with Crippen LogP contribution in [0.15, 0.2) is 41.1 Å². The van der Waals surface area contributed by atoms with Crippen LogP contribution in [0.5, 0.6) is 5.75 Å². The van der Waals surface area contributed by atoms with Crippen LogP contribution in [-0.4, -0.2) is 4.98 Å². The minimum Gasteiger partial charge on any atom is -0.486 e. The molecule has 0 fully saturated rings. The average molecular weight is 296 g/mol. The molecule has 0 radical (unpaired) electrons. The van der Waals surface area contributed by atoms with Crippen molar-refractivity contribution in [2.24, 2.45) is 0 Å². The smallest absolute Gasteiger partial charge is 0.152 e. The van der Waals surface area contributed by atoms with Crippen molar-refractivity contribution in [3.05, 3.63) is 58.1 Å². The van der Waals surface area contributed by atoms with Gasteiger partial charge in [0.2, 0.25) is 0 Å². The van der Waals surface area contributed by atoms with E-state index in [1.54, 1.807) is 18.3 Å². The summed E-state index contributed by atoms with van der Waals surface area (Å²) in [5, 5.41) is 0. The van der Waals surface area contributed by atoms with E-state index in [0.29, 0.717) is 17.0 Å². The molecule has 0 unspecified atom stereocenters. The molecular weight excluding hydrogens is 285 g/mol. The zero-order valence-electron chi connectivity index (χ0n) is 9.28. The largest absolute Gasteiger partial charge is 0.486 e. The first-order valence-electron chi connectivity index (χ1n) is 5.15. The minimum absolute atomic E-state index is 0.228. The molecule has 0 bridgehead atoms. The number of hydrogen-bond acceptors (Lipinski definition) is 2. The van der Waals surface area contributed by atoms with E-state index in [9.17, 15) is 4.39 Å². The molecule has 0 aliphatic carbocycles. The number of aryl methyl sites for hydroxylation is 1. The Balaban J connectivity index is 2.10. The fourth-order valence-corrected chi connectivity index (χ4v) is 1.82. The van der Waals surface area contributed by atoms with E-state index < -0.39 is 0 Å². The van der Waals surface area contributed by atoms with Crippen LogP contribution in [0.4, 0.5) is 4.39 Å². The monoisotopic (exact) mass is 295 g/mol. The van der Waals surface area contributed by atoms with Crippen molar-refractivity contribution in [3.8, 4) is 5.75 Å². The van der Waals surface area contributed by atoms with Gasteiger partial charge in [-0.2, -0.15) is 0 Å². The van der Waals surface area contributed by atoms with Crippen molar-refractivity contribution in [3.63, 3.8) is 0 Å². The second-order valence-corrected chi connectivity index (χ2v) is 4.40. The fraction of sp³-hybridized carbons (Fsp3) is 0.154. The lowest BCUT2D eigenvalue weighted by molar-refractivity contribution is 0.302. The number of pyridine rings is 1. The number of rotatable bonds is 3. The van der Waals surface area contributed by atoms with Gasteiger partial charge < -0.3 is 4.74 Å². The van der Waals surface area contributed by atoms with Gasteiger partial charge in [0.05, 0.1) is 0 Å². The third-order valence-electron chi connectivity index (χ3n) is 2.41. The van der Waals surface area contributed by atoms with Crippen LogP contribution < -0.4 is 4.74 Å². The van der Waals surface area contributed by atoms with Gasteiger partial charge >= 0.3 is 0 Å². The highest BCUT2D eigenvalue weighted by Gasteiger charge is 2.04. The number of hydrogen-bond donors (Lipinski definition) is 0. The molecule has 1 aromatic carbocycles. The molecule has 4 heteroatoms. The van der Waals surface area contributed by atoms with E-state index >= 15 is 0 Å². The molecule has 0 saturated heterocycles. The van der Waals surface area contributed by atoms with Crippen LogP contribution in [-0.2, 0) is 6.61 Å². The van der Waals surface area contributed by atoms with E-state index in [4.69, 9.17) is 4.74 Å². The molecule has 2 nitrogen and oxygen atoms in total. The molecule has 2 rings (SSSR count). The number of ether oxygens (including phenoxy) is 1. The molecule has 1 heterocycles. The van der Waals surface area contributed by atoms with Gasteiger partial charge in [-0.15, -0.1) is 0 Å². The van der Waals surface area contributed by atoms with Gasteiger partial charge in [0.1, 0.15) is 17.0 Å². The highest BCUT2D eigenvalue weighted by atomic mass is 79.9. The molecule has 0 aliphatic heterocycles. The maximum absolute atomic E-state index is 12.9. The van der Waals surface area contributed by atoms with E-state index in [2.05, 4.69) is 20.9 Å². The number of nitrogens with zero attached hydrogens (tertiary/aromatic N) is 1. The Morgan fingerprint density at radius 2 is 2.18 bits per heavy atom. The summed E-state index contributed by atoms with van der Waals surface area (Å²) in [5.41, 5.74) is 1.84. The molecule has 0 amide bonds. The first-order valence-corrected chi connectivity index (χ1v) is 5.94. The summed E-state index contributed by atoms with van der Waals surface area (Å²) in [6.45, 7) is 2.26. The summed E-state index contributed by atoms with van der Waals surface area (Å²) in [5.74, 6) is 0.449. The SMILES string of the molecule is Cc1cc(F)ccc1COc1cccnc1Br. The highest BCUT2D eigenvalue weighted by Crippen LogP contribution is 2.22. The maximum atomic E-state index is 12.9. The van der Waals surface area contributed by atoms with Crippen LogP contribution in [0.1, 0.15) is 11.1 Å². The van der Waals surface area contributed by atoms with Gasteiger partial charge in [0, 0.05) is 6.20 Å². The highest BCUT2D eigenvalue weighted by molar-refractivity contribution is 9.10. The molecule has 0 spiro atoms. The zero-order valence-corrected chi connectivity index (χ0v) is 10.9. The van der Waals surface area contributed by atoms with Crippen molar-refractivity contribution in [2.45, 2.75) is 13.5 Å². The quantitative estimate of drug-likeness (QED) is 0.802. The molecule has 1 aromatic heterocycles. The summed E-state index contributed by atoms with van der Waals surface area (Å²) in [7, 11) is 0. The molecule has 0 saturated carbocycles. The molecular formula is C13H11BrFNO. The normalized spacial score (nSPS) is 10.3. The molecule has 0 atom stereocenters. The van der Waals surface area contributed by atoms with Gasteiger partial charge in [0.15, 0.2) is 5.75 Å². The summed E-state index contributed by atoms with van der Waals surface area (Å²) < 4.78 is 19.2. The van der Waals surface area contributed by atoms with Crippen molar-refractivity contribution in [1.82, 2.24) is 4.98 Å². The van der Waals surface area contributed by atoms with E-state index in [-0.39, 0.29) is 5.82 Å². The molecule has 2 aromatic rings. The van der Waals surface area contributed by atoms with Crippen molar-refractivity contribution in [1.29, 1.82) is 0 Å². The predicted molar refractivity (Wildman–Crippen MR) is 67.4 cm³/mol. The van der Waals surface area contributed by atoms with E-state index in [0.717, 1.165) is 11.1 Å². The predicted octanol–water partition coefficient (Wildman–Crippen LogP) is 3.87. The van der Waals surface area contributed by atoms with Crippen molar-refractivity contribution < 1.29 is 9.13 Å². The van der Waals surface area contributed by atoms with E-state index in [1.807, 2.05) is 13.0 Å². The molecule has 0 N–H and O–H groups in total. The van der Waals surface area contributed by atoms with Crippen LogP contribution >= 0.6 is 15.9 Å². The lowest BCUT2D eigenvalue weighted by atomic mass is 10.1. The van der Waals surface area contributed by atoms with Gasteiger partial charge in [-0.05, 0) is 58.2 Å². The van der Waals surface area contributed by atoms with E-state index in [1.165, 1.54) is 12.1 Å². The summed E-state index contributed by atoms with van der Waals surface area (Å²) in [6, 6.07) is 8.30. The molecule has 88 valence electrons. The summed E-state index contributed by atoms with van der Waals surface area (Å²) >= 11 is 3.30. The second kappa shape index (κ2) is 5.27. The summed E-state index contributed by atoms with van der Waals surface area (Å²) in [4.78, 5) is 4.06. The Morgan fingerprint density at radius 1 is 1.35 bits per heavy atom. The Morgan fingerprint density at radius 3 is 2.88 bits per heavy atom. The Kier molecular flexibility index (Phi) is 3.74. The van der Waals surface area contributed by atoms with Gasteiger partial charge in [-0.1, -0.05) is 6.07 Å². The van der Waals surface area contributed by atoms with Crippen LogP contribution in [0.2, 0.25) is 0 Å². The number of benzene rings is 1.